The summed E-state index contributed by atoms with van der Waals surface area (Å²) in [7, 11) is 0. The molecule has 0 aliphatic rings. The zero-order chi connectivity index (χ0) is 21.1. The zero-order valence-corrected chi connectivity index (χ0v) is 16.7. The highest BCUT2D eigenvalue weighted by molar-refractivity contribution is 6.02. The van der Waals surface area contributed by atoms with Gasteiger partial charge in [0, 0.05) is 23.2 Å². The number of aromatic nitrogens is 2. The number of carbonyl (C=O) groups excluding carboxylic acids is 1. The van der Waals surface area contributed by atoms with Crippen molar-refractivity contribution in [3.8, 4) is 23.2 Å². The summed E-state index contributed by atoms with van der Waals surface area (Å²) in [4.78, 5) is 12.4. The zero-order valence-electron chi connectivity index (χ0n) is 16.7. The molecule has 0 saturated carbocycles. The van der Waals surface area contributed by atoms with Gasteiger partial charge < -0.3 is 9.73 Å². The van der Waals surface area contributed by atoms with Gasteiger partial charge in [0.1, 0.15) is 22.9 Å². The van der Waals surface area contributed by atoms with E-state index in [-0.39, 0.29) is 11.6 Å². The van der Waals surface area contributed by atoms with Gasteiger partial charge in [0.25, 0.3) is 5.91 Å². The van der Waals surface area contributed by atoms with Crippen LogP contribution in [0.15, 0.2) is 76.9 Å². The maximum absolute atomic E-state index is 12.4. The summed E-state index contributed by atoms with van der Waals surface area (Å²) in [5.74, 6) is 0.147. The molecule has 30 heavy (non-hydrogen) atoms. The van der Waals surface area contributed by atoms with Crippen LogP contribution < -0.4 is 5.32 Å². The Morgan fingerprint density at radius 2 is 1.90 bits per heavy atom. The smallest absolute Gasteiger partial charge is 0.262 e. The maximum Gasteiger partial charge on any atom is 0.262 e. The maximum atomic E-state index is 12.4. The van der Waals surface area contributed by atoms with Gasteiger partial charge in [0.15, 0.2) is 5.76 Å². The highest BCUT2D eigenvalue weighted by Gasteiger charge is 2.18. The second kappa shape index (κ2) is 8.10. The SMILES string of the molecule is CC(C)NC(=O)C(C#N)=Cc1cn(-c2ccccc2)nc1-c1cc2ccccc2o1. The number of nitrogens with zero attached hydrogens (tertiary/aromatic N) is 3. The highest BCUT2D eigenvalue weighted by Crippen LogP contribution is 2.31. The molecule has 4 aromatic rings. The molecular weight excluding hydrogens is 376 g/mol. The molecule has 6 nitrogen and oxygen atoms in total. The van der Waals surface area contributed by atoms with Crippen LogP contribution in [0.3, 0.4) is 0 Å². The summed E-state index contributed by atoms with van der Waals surface area (Å²) >= 11 is 0. The lowest BCUT2D eigenvalue weighted by molar-refractivity contribution is -0.117. The monoisotopic (exact) mass is 396 g/mol. The van der Waals surface area contributed by atoms with Gasteiger partial charge >= 0.3 is 0 Å². The molecule has 0 radical (unpaired) electrons. The van der Waals surface area contributed by atoms with E-state index in [2.05, 4.69) is 5.32 Å². The topological polar surface area (TPSA) is 83.9 Å². The van der Waals surface area contributed by atoms with Crippen molar-refractivity contribution in [1.29, 1.82) is 5.26 Å². The summed E-state index contributed by atoms with van der Waals surface area (Å²) in [5.41, 5.74) is 2.79. The molecule has 2 aromatic carbocycles. The van der Waals surface area contributed by atoms with E-state index in [9.17, 15) is 10.1 Å². The van der Waals surface area contributed by atoms with Crippen molar-refractivity contribution in [3.05, 3.63) is 78.0 Å². The van der Waals surface area contributed by atoms with Gasteiger partial charge in [-0.1, -0.05) is 36.4 Å². The molecular formula is C24H20N4O2. The molecule has 0 aliphatic carbocycles. The molecule has 0 fully saturated rings. The first kappa shape index (κ1) is 19.2. The Labute approximate surface area is 174 Å². The Balaban J connectivity index is 1.85. The Hall–Kier alpha value is -4.11. The summed E-state index contributed by atoms with van der Waals surface area (Å²) in [6, 6.07) is 21.2. The van der Waals surface area contributed by atoms with Crippen molar-refractivity contribution >= 4 is 23.0 Å². The van der Waals surface area contributed by atoms with Crippen molar-refractivity contribution in [2.45, 2.75) is 19.9 Å². The number of rotatable bonds is 5. The summed E-state index contributed by atoms with van der Waals surface area (Å²) in [6.45, 7) is 3.69. The number of benzene rings is 2. The van der Waals surface area contributed by atoms with Crippen LogP contribution in [-0.4, -0.2) is 21.7 Å². The lowest BCUT2D eigenvalue weighted by Crippen LogP contribution is -2.30. The number of carbonyl (C=O) groups is 1. The van der Waals surface area contributed by atoms with Crippen LogP contribution in [-0.2, 0) is 4.79 Å². The van der Waals surface area contributed by atoms with E-state index < -0.39 is 5.91 Å². The van der Waals surface area contributed by atoms with Crippen molar-refractivity contribution < 1.29 is 9.21 Å². The molecule has 0 bridgehead atoms. The number of nitriles is 1. The molecule has 0 atom stereocenters. The first-order valence-corrected chi connectivity index (χ1v) is 9.62. The fourth-order valence-electron chi connectivity index (χ4n) is 3.14. The molecule has 4 rings (SSSR count). The minimum absolute atomic E-state index is 0.00803. The minimum atomic E-state index is -0.421. The summed E-state index contributed by atoms with van der Waals surface area (Å²) in [6.07, 6.45) is 3.34. The number of nitrogens with one attached hydrogen (secondary N) is 1. The molecule has 1 N–H and O–H groups in total. The lowest BCUT2D eigenvalue weighted by Gasteiger charge is -2.06. The van der Waals surface area contributed by atoms with E-state index in [0.29, 0.717) is 17.0 Å². The van der Waals surface area contributed by atoms with Crippen LogP contribution in [0.4, 0.5) is 0 Å². The van der Waals surface area contributed by atoms with Gasteiger partial charge in [-0.15, -0.1) is 0 Å². The predicted molar refractivity (Wildman–Crippen MR) is 116 cm³/mol. The van der Waals surface area contributed by atoms with Gasteiger partial charge in [-0.2, -0.15) is 10.4 Å². The minimum Gasteiger partial charge on any atom is -0.454 e. The standard InChI is InChI=1S/C24H20N4O2/c1-16(2)26-24(29)18(14-25)12-19-15-28(20-9-4-3-5-10-20)27-23(19)22-13-17-8-6-7-11-21(17)30-22/h3-13,15-16H,1-2H3,(H,26,29). The third kappa shape index (κ3) is 3.87. The fraction of sp³-hybridized carbons (Fsp3) is 0.125. The first-order chi connectivity index (χ1) is 14.5. The van der Waals surface area contributed by atoms with Crippen molar-refractivity contribution in [3.63, 3.8) is 0 Å². The average molecular weight is 396 g/mol. The van der Waals surface area contributed by atoms with E-state index in [4.69, 9.17) is 9.52 Å². The Bertz CT molecular complexity index is 1240. The van der Waals surface area contributed by atoms with Gasteiger partial charge in [0.2, 0.25) is 0 Å². The lowest BCUT2D eigenvalue weighted by atomic mass is 10.1. The Morgan fingerprint density at radius 3 is 2.60 bits per heavy atom. The molecule has 2 aromatic heterocycles. The van der Waals surface area contributed by atoms with E-state index in [0.717, 1.165) is 16.7 Å². The Morgan fingerprint density at radius 1 is 1.17 bits per heavy atom. The van der Waals surface area contributed by atoms with Crippen molar-refractivity contribution in [1.82, 2.24) is 15.1 Å². The van der Waals surface area contributed by atoms with Crippen LogP contribution in [0.25, 0.3) is 34.2 Å². The number of amides is 1. The molecule has 6 heteroatoms. The van der Waals surface area contributed by atoms with E-state index in [1.165, 1.54) is 0 Å². The quantitative estimate of drug-likeness (QED) is 0.391. The van der Waals surface area contributed by atoms with Crippen LogP contribution in [0.1, 0.15) is 19.4 Å². The van der Waals surface area contributed by atoms with Gasteiger partial charge in [-0.05, 0) is 44.2 Å². The Kier molecular flexibility index (Phi) is 5.19. The number of hydrogen-bond acceptors (Lipinski definition) is 4. The fourth-order valence-corrected chi connectivity index (χ4v) is 3.14. The van der Waals surface area contributed by atoms with Gasteiger partial charge in [0.05, 0.1) is 5.69 Å². The second-order valence-electron chi connectivity index (χ2n) is 7.16. The summed E-state index contributed by atoms with van der Waals surface area (Å²) in [5, 5.41) is 17.9. The highest BCUT2D eigenvalue weighted by atomic mass is 16.3. The summed E-state index contributed by atoms with van der Waals surface area (Å²) < 4.78 is 7.71. The van der Waals surface area contributed by atoms with Gasteiger partial charge in [-0.25, -0.2) is 4.68 Å². The van der Waals surface area contributed by atoms with Crippen molar-refractivity contribution in [2.24, 2.45) is 0 Å². The number of fused-ring (bicyclic) bond motifs is 1. The van der Waals surface area contributed by atoms with Crippen molar-refractivity contribution in [2.75, 3.05) is 0 Å². The van der Waals surface area contributed by atoms with E-state index >= 15 is 0 Å². The average Bonchev–Trinajstić information content (AvgIpc) is 3.36. The molecule has 0 unspecified atom stereocenters. The molecule has 148 valence electrons. The second-order valence-corrected chi connectivity index (χ2v) is 7.16. The van der Waals surface area contributed by atoms with Crippen LogP contribution >= 0.6 is 0 Å². The van der Waals surface area contributed by atoms with Gasteiger partial charge in [-0.3, -0.25) is 4.79 Å². The number of para-hydroxylation sites is 2. The largest absolute Gasteiger partial charge is 0.454 e. The molecule has 0 saturated heterocycles. The van der Waals surface area contributed by atoms with Crippen LogP contribution in [0, 0.1) is 11.3 Å². The third-order valence-electron chi connectivity index (χ3n) is 4.51. The number of hydrogen-bond donors (Lipinski definition) is 1. The van der Waals surface area contributed by atoms with Crippen LogP contribution in [0.5, 0.6) is 0 Å². The third-order valence-corrected chi connectivity index (χ3v) is 4.51. The van der Waals surface area contributed by atoms with Crippen LogP contribution in [0.2, 0.25) is 0 Å². The normalized spacial score (nSPS) is 11.6. The van der Waals surface area contributed by atoms with E-state index in [1.54, 1.807) is 17.0 Å². The molecule has 1 amide bonds. The first-order valence-electron chi connectivity index (χ1n) is 9.62. The molecule has 0 aliphatic heterocycles. The predicted octanol–water partition coefficient (Wildman–Crippen LogP) is 4.72. The van der Waals surface area contributed by atoms with E-state index in [1.807, 2.05) is 80.6 Å². The molecule has 0 spiro atoms. The number of furan rings is 1. The molecule has 2 heterocycles.